The van der Waals surface area contributed by atoms with E-state index in [2.05, 4.69) is 0 Å². The fraction of sp³-hybridized carbons (Fsp3) is 0. The quantitative estimate of drug-likeness (QED) is 0.536. The lowest BCUT2D eigenvalue weighted by molar-refractivity contribution is 0.503. The van der Waals surface area contributed by atoms with Crippen LogP contribution in [0.5, 0.6) is 0 Å². The Morgan fingerprint density at radius 2 is 2.00 bits per heavy atom. The third kappa shape index (κ3) is 1.48. The summed E-state index contributed by atoms with van der Waals surface area (Å²) in [6, 6.07) is 2.49. The maximum absolute atomic E-state index is 11.7. The second-order valence-electron chi connectivity index (χ2n) is 1.59. The Bertz CT molecular complexity index is 178. The van der Waals surface area contributed by atoms with E-state index in [1.165, 1.54) is 11.4 Å². The molecule has 0 N–H and O–H groups in total. The molecule has 1 aromatic rings. The Morgan fingerprint density at radius 3 is 2.22 bits per heavy atom. The van der Waals surface area contributed by atoms with Crippen molar-refractivity contribution in [3.8, 4) is 0 Å². The summed E-state index contributed by atoms with van der Waals surface area (Å²) in [4.78, 5) is 0. The average Bonchev–Trinajstić information content (AvgIpc) is 2.08. The van der Waals surface area contributed by atoms with Gasteiger partial charge in [0.05, 0.1) is 0 Å². The zero-order valence-corrected chi connectivity index (χ0v) is 5.17. The predicted octanol–water partition coefficient (Wildman–Crippen LogP) is 1.80. The molecule has 0 aliphatic rings. The van der Waals surface area contributed by atoms with Crippen molar-refractivity contribution in [2.45, 2.75) is 0 Å². The second kappa shape index (κ2) is 2.06. The standard InChI is InChI=1S/C4H3BF3S/c6-5(7,8)4-2-1-3-9-4/h1-3H/q-1. The summed E-state index contributed by atoms with van der Waals surface area (Å²) in [6.45, 7) is -4.75. The molecule has 0 aliphatic heterocycles. The van der Waals surface area contributed by atoms with Gasteiger partial charge >= 0.3 is 6.98 Å². The molecule has 0 saturated heterocycles. The Hall–Kier alpha value is -0.445. The highest BCUT2D eigenvalue weighted by atomic mass is 32.1. The van der Waals surface area contributed by atoms with Gasteiger partial charge in [-0.1, -0.05) is 16.9 Å². The number of halogens is 3. The van der Waals surface area contributed by atoms with Gasteiger partial charge in [-0.3, -0.25) is 0 Å². The molecule has 0 nitrogen and oxygen atoms in total. The normalized spacial score (nSPS) is 11.9. The molecular formula is C4H3BF3S-. The smallest absolute Gasteiger partial charge is 0.444 e. The molecule has 0 bridgehead atoms. The summed E-state index contributed by atoms with van der Waals surface area (Å²) in [7, 11) is 0. The first-order valence-corrected chi connectivity index (χ1v) is 3.22. The highest BCUT2D eigenvalue weighted by molar-refractivity contribution is 7.22. The van der Waals surface area contributed by atoms with Crippen LogP contribution < -0.4 is 4.78 Å². The molecular weight excluding hydrogens is 148 g/mol. The molecule has 1 rings (SSSR count). The van der Waals surface area contributed by atoms with E-state index >= 15 is 0 Å². The van der Waals surface area contributed by atoms with E-state index in [1.807, 2.05) is 0 Å². The first kappa shape index (κ1) is 6.67. The lowest BCUT2D eigenvalue weighted by atomic mass is 9.90. The molecule has 1 heterocycles. The average molecular weight is 151 g/mol. The van der Waals surface area contributed by atoms with Gasteiger partial charge in [0, 0.05) is 0 Å². The molecule has 0 spiro atoms. The van der Waals surface area contributed by atoms with E-state index in [0.29, 0.717) is 0 Å². The molecule has 0 unspecified atom stereocenters. The molecule has 0 aromatic carbocycles. The third-order valence-electron chi connectivity index (χ3n) is 0.866. The largest absolute Gasteiger partial charge is 0.519 e. The summed E-state index contributed by atoms with van der Waals surface area (Å²) in [5.41, 5.74) is 0. The molecule has 0 fully saturated rings. The summed E-state index contributed by atoms with van der Waals surface area (Å²) in [5, 5.41) is 1.42. The van der Waals surface area contributed by atoms with Crippen LogP contribution in [0.3, 0.4) is 0 Å². The molecule has 0 atom stereocenters. The Labute approximate surface area is 54.4 Å². The topological polar surface area (TPSA) is 0 Å². The van der Waals surface area contributed by atoms with E-state index in [0.717, 1.165) is 17.4 Å². The first-order chi connectivity index (χ1) is 4.11. The van der Waals surface area contributed by atoms with E-state index in [1.54, 1.807) is 0 Å². The van der Waals surface area contributed by atoms with Gasteiger partial charge in [-0.25, -0.2) is 0 Å². The fourth-order valence-corrected chi connectivity index (χ4v) is 1.10. The van der Waals surface area contributed by atoms with Crippen LogP contribution >= 0.6 is 11.3 Å². The predicted molar refractivity (Wildman–Crippen MR) is 33.0 cm³/mol. The van der Waals surface area contributed by atoms with Gasteiger partial charge in [0.1, 0.15) is 0 Å². The minimum Gasteiger partial charge on any atom is -0.444 e. The molecule has 9 heavy (non-hydrogen) atoms. The van der Waals surface area contributed by atoms with Crippen molar-refractivity contribution in [2.24, 2.45) is 0 Å². The molecule has 0 amide bonds. The minimum absolute atomic E-state index is 0.477. The van der Waals surface area contributed by atoms with Crippen LogP contribution in [-0.4, -0.2) is 6.98 Å². The monoisotopic (exact) mass is 151 g/mol. The van der Waals surface area contributed by atoms with E-state index in [4.69, 9.17) is 0 Å². The second-order valence-corrected chi connectivity index (χ2v) is 2.57. The molecule has 1 aromatic heterocycles. The molecule has 0 aliphatic carbocycles. The zero-order valence-electron chi connectivity index (χ0n) is 4.35. The SMILES string of the molecule is F[B-](F)(F)c1cccs1. The van der Waals surface area contributed by atoms with Crippen molar-refractivity contribution < 1.29 is 12.9 Å². The van der Waals surface area contributed by atoms with Crippen molar-refractivity contribution in [2.75, 3.05) is 0 Å². The Morgan fingerprint density at radius 1 is 1.33 bits per heavy atom. The maximum Gasteiger partial charge on any atom is 0.519 e. The van der Waals surface area contributed by atoms with Gasteiger partial charge in [-0.05, 0) is 5.38 Å². The Kier molecular flexibility index (Phi) is 1.53. The number of rotatable bonds is 1. The van der Waals surface area contributed by atoms with Crippen molar-refractivity contribution in [1.29, 1.82) is 0 Å². The fourth-order valence-electron chi connectivity index (χ4n) is 0.478. The van der Waals surface area contributed by atoms with Gasteiger partial charge in [-0.2, -0.15) is 11.3 Å². The van der Waals surface area contributed by atoms with Gasteiger partial charge in [0.25, 0.3) is 0 Å². The van der Waals surface area contributed by atoms with E-state index < -0.39 is 11.8 Å². The van der Waals surface area contributed by atoms with Crippen LogP contribution in [0.1, 0.15) is 0 Å². The molecule has 0 saturated carbocycles. The lowest BCUT2D eigenvalue weighted by Crippen LogP contribution is -2.30. The number of hydrogen-bond donors (Lipinski definition) is 0. The van der Waals surface area contributed by atoms with Crippen molar-refractivity contribution in [1.82, 2.24) is 0 Å². The van der Waals surface area contributed by atoms with Crippen LogP contribution in [0.25, 0.3) is 0 Å². The zero-order chi connectivity index (χ0) is 6.91. The molecule has 0 radical (unpaired) electrons. The summed E-state index contributed by atoms with van der Waals surface area (Å²) in [6.07, 6.45) is 0. The van der Waals surface area contributed by atoms with Crippen molar-refractivity contribution >= 4 is 23.1 Å². The van der Waals surface area contributed by atoms with Crippen molar-refractivity contribution in [3.63, 3.8) is 0 Å². The minimum atomic E-state index is -4.75. The summed E-state index contributed by atoms with van der Waals surface area (Å²) in [5.74, 6) is 0. The van der Waals surface area contributed by atoms with Crippen LogP contribution in [0, 0.1) is 0 Å². The van der Waals surface area contributed by atoms with Gasteiger partial charge in [-0.15, -0.1) is 0 Å². The van der Waals surface area contributed by atoms with Gasteiger partial charge in [0.15, 0.2) is 0 Å². The maximum atomic E-state index is 11.7. The van der Waals surface area contributed by atoms with Crippen LogP contribution in [0.4, 0.5) is 12.9 Å². The van der Waals surface area contributed by atoms with Crippen LogP contribution in [0.15, 0.2) is 17.5 Å². The summed E-state index contributed by atoms with van der Waals surface area (Å²) >= 11 is 0.733. The summed E-state index contributed by atoms with van der Waals surface area (Å²) < 4.78 is 34.6. The first-order valence-electron chi connectivity index (χ1n) is 2.34. The third-order valence-corrected chi connectivity index (χ3v) is 1.83. The Balaban J connectivity index is 2.90. The number of thiophene rings is 1. The van der Waals surface area contributed by atoms with Crippen LogP contribution in [-0.2, 0) is 0 Å². The highest BCUT2D eigenvalue weighted by Gasteiger charge is 2.25. The van der Waals surface area contributed by atoms with Crippen LogP contribution in [0.2, 0.25) is 0 Å². The molecule has 50 valence electrons. The lowest BCUT2D eigenvalue weighted by Gasteiger charge is -2.09. The van der Waals surface area contributed by atoms with Gasteiger partial charge < -0.3 is 12.9 Å². The highest BCUT2D eigenvalue weighted by Crippen LogP contribution is 2.11. The van der Waals surface area contributed by atoms with Crippen molar-refractivity contribution in [3.05, 3.63) is 17.5 Å². The van der Waals surface area contributed by atoms with E-state index in [9.17, 15) is 12.9 Å². The van der Waals surface area contributed by atoms with E-state index in [-0.39, 0.29) is 0 Å². The van der Waals surface area contributed by atoms with Gasteiger partial charge in [0.2, 0.25) is 0 Å². The molecule has 5 heteroatoms. The number of hydrogen-bond acceptors (Lipinski definition) is 1.